The van der Waals surface area contributed by atoms with Crippen LogP contribution < -0.4 is 18.8 Å². The van der Waals surface area contributed by atoms with Crippen LogP contribution in [-0.2, 0) is 13.0 Å². The quantitative estimate of drug-likeness (QED) is 0.505. The number of ether oxygens (including phenoxy) is 3. The van der Waals surface area contributed by atoms with Gasteiger partial charge in [-0.05, 0) is 58.4 Å². The molecule has 0 radical (unpaired) electrons. The van der Waals surface area contributed by atoms with Crippen molar-refractivity contribution in [3.8, 4) is 34.3 Å². The van der Waals surface area contributed by atoms with Crippen molar-refractivity contribution in [2.24, 2.45) is 0 Å². The molecule has 0 saturated carbocycles. The lowest BCUT2D eigenvalue weighted by molar-refractivity contribution is -0.686. The first-order valence-electron chi connectivity index (χ1n) is 8.11. The SMILES string of the molecule is COc1ccc2cc3[n+](cc2c1O)CCc1cc2c(cc1-3)OC(Cl)(Cl)O2. The molecule has 7 heteroatoms. The number of phenolic OH excluding ortho intramolecular Hbond substituents is 1. The van der Waals surface area contributed by atoms with Gasteiger partial charge in [0.25, 0.3) is 0 Å². The van der Waals surface area contributed by atoms with E-state index in [1.807, 2.05) is 30.5 Å². The Balaban J connectivity index is 1.71. The van der Waals surface area contributed by atoms with Crippen LogP contribution in [0.5, 0.6) is 23.0 Å². The lowest BCUT2D eigenvalue weighted by atomic mass is 9.95. The van der Waals surface area contributed by atoms with E-state index in [2.05, 4.69) is 4.57 Å². The smallest absolute Gasteiger partial charge is 0.419 e. The summed E-state index contributed by atoms with van der Waals surface area (Å²) in [5, 5.41) is 12.1. The fraction of sp³-hybridized carbons (Fsp3) is 0.211. The molecule has 1 N–H and O–H groups in total. The van der Waals surface area contributed by atoms with Gasteiger partial charge < -0.3 is 19.3 Å². The van der Waals surface area contributed by atoms with E-state index in [0.717, 1.165) is 40.6 Å². The van der Waals surface area contributed by atoms with Crippen molar-refractivity contribution in [3.63, 3.8) is 0 Å². The van der Waals surface area contributed by atoms with Gasteiger partial charge in [0, 0.05) is 12.5 Å². The van der Waals surface area contributed by atoms with Crippen LogP contribution in [0.1, 0.15) is 5.56 Å². The van der Waals surface area contributed by atoms with Crippen LogP contribution in [-0.4, -0.2) is 16.9 Å². The number of pyridine rings is 1. The molecule has 2 aliphatic rings. The maximum absolute atomic E-state index is 10.4. The number of aromatic nitrogens is 1. The highest BCUT2D eigenvalue weighted by Crippen LogP contribution is 2.47. The summed E-state index contributed by atoms with van der Waals surface area (Å²) in [6.45, 7) is 0.779. The number of fused-ring (bicyclic) bond motifs is 5. The summed E-state index contributed by atoms with van der Waals surface area (Å²) >= 11 is 11.9. The van der Waals surface area contributed by atoms with Gasteiger partial charge in [-0.1, -0.05) is 0 Å². The van der Waals surface area contributed by atoms with E-state index in [0.29, 0.717) is 17.2 Å². The van der Waals surface area contributed by atoms with Gasteiger partial charge in [-0.3, -0.25) is 0 Å². The van der Waals surface area contributed by atoms with E-state index in [1.54, 1.807) is 13.2 Å². The molecule has 0 saturated heterocycles. The lowest BCUT2D eigenvalue weighted by Gasteiger charge is -2.16. The summed E-state index contributed by atoms with van der Waals surface area (Å²) < 4.78 is 16.5. The highest BCUT2D eigenvalue weighted by Gasteiger charge is 2.39. The summed E-state index contributed by atoms with van der Waals surface area (Å²) in [5.74, 6) is 1.66. The maximum Gasteiger partial charge on any atom is 0.419 e. The predicted molar refractivity (Wildman–Crippen MR) is 97.2 cm³/mol. The van der Waals surface area contributed by atoms with Crippen molar-refractivity contribution in [3.05, 3.63) is 42.1 Å². The number of alkyl halides is 2. The van der Waals surface area contributed by atoms with Crippen molar-refractivity contribution in [1.29, 1.82) is 0 Å². The zero-order chi connectivity index (χ0) is 18.1. The molecule has 0 atom stereocenters. The zero-order valence-corrected chi connectivity index (χ0v) is 15.3. The minimum Gasteiger partial charge on any atom is -0.504 e. The Kier molecular flexibility index (Phi) is 3.24. The first kappa shape index (κ1) is 15.9. The number of benzene rings is 2. The summed E-state index contributed by atoms with van der Waals surface area (Å²) in [4.78, 5) is 0. The monoisotopic (exact) mass is 390 g/mol. The van der Waals surface area contributed by atoms with Gasteiger partial charge in [0.05, 0.1) is 18.1 Å². The zero-order valence-electron chi connectivity index (χ0n) is 13.8. The number of halogens is 2. The molecular weight excluding hydrogens is 377 g/mol. The van der Waals surface area contributed by atoms with Crippen molar-refractivity contribution < 1.29 is 23.9 Å². The van der Waals surface area contributed by atoms with Crippen molar-refractivity contribution in [2.75, 3.05) is 7.11 Å². The third-order valence-electron chi connectivity index (χ3n) is 4.85. The van der Waals surface area contributed by atoms with Crippen LogP contribution in [0.4, 0.5) is 0 Å². The molecule has 0 unspecified atom stereocenters. The van der Waals surface area contributed by atoms with Crippen molar-refractivity contribution in [1.82, 2.24) is 0 Å². The van der Waals surface area contributed by atoms with Gasteiger partial charge in [0.15, 0.2) is 35.7 Å². The van der Waals surface area contributed by atoms with E-state index in [-0.39, 0.29) is 5.75 Å². The van der Waals surface area contributed by atoms with Crippen LogP contribution in [0.2, 0.25) is 0 Å². The molecule has 0 spiro atoms. The topological polar surface area (TPSA) is 51.8 Å². The lowest BCUT2D eigenvalue weighted by Crippen LogP contribution is -2.39. The maximum atomic E-state index is 10.4. The molecule has 0 amide bonds. The number of phenols is 1. The number of nitrogens with zero attached hydrogens (tertiary/aromatic N) is 1. The van der Waals surface area contributed by atoms with Crippen LogP contribution >= 0.6 is 23.2 Å². The van der Waals surface area contributed by atoms with E-state index in [1.165, 1.54) is 0 Å². The van der Waals surface area contributed by atoms with Crippen LogP contribution in [0.3, 0.4) is 0 Å². The molecule has 0 bridgehead atoms. The van der Waals surface area contributed by atoms with Crippen molar-refractivity contribution >= 4 is 34.0 Å². The minimum atomic E-state index is -1.69. The molecule has 3 heterocycles. The standard InChI is InChI=1S/C19H13Cl2NO4/c1-24-15-3-2-10-6-14-12-8-17-16(25-19(20,21)26-17)7-11(12)4-5-22(14)9-13(10)18(15)23/h2-3,6-9H,4-5H2,1H3/p+1. The molecule has 0 aliphatic carbocycles. The largest absolute Gasteiger partial charge is 0.504 e. The summed E-state index contributed by atoms with van der Waals surface area (Å²) in [6.07, 6.45) is 2.76. The fourth-order valence-corrected chi connectivity index (χ4v) is 3.96. The Morgan fingerprint density at radius 1 is 1.15 bits per heavy atom. The number of aryl methyl sites for hydroxylation is 2. The van der Waals surface area contributed by atoms with Gasteiger partial charge >= 0.3 is 4.71 Å². The van der Waals surface area contributed by atoms with Crippen LogP contribution in [0.25, 0.3) is 22.0 Å². The van der Waals surface area contributed by atoms with Crippen LogP contribution in [0, 0.1) is 0 Å². The number of hydrogen-bond donors (Lipinski definition) is 1. The number of rotatable bonds is 1. The molecule has 2 aliphatic heterocycles. The Hall–Kier alpha value is -2.37. The van der Waals surface area contributed by atoms with Gasteiger partial charge in [-0.15, -0.1) is 0 Å². The second kappa shape index (κ2) is 5.32. The first-order chi connectivity index (χ1) is 12.4. The van der Waals surface area contributed by atoms with Crippen molar-refractivity contribution in [2.45, 2.75) is 17.7 Å². The Morgan fingerprint density at radius 3 is 2.69 bits per heavy atom. The van der Waals surface area contributed by atoms with Gasteiger partial charge in [0.1, 0.15) is 0 Å². The Bertz CT molecular complexity index is 1080. The first-order valence-corrected chi connectivity index (χ1v) is 8.87. The van der Waals surface area contributed by atoms with E-state index in [9.17, 15) is 5.11 Å². The summed E-state index contributed by atoms with van der Waals surface area (Å²) in [6, 6.07) is 9.56. The predicted octanol–water partition coefficient (Wildman–Crippen LogP) is 3.92. The normalized spacial score (nSPS) is 16.3. The molecule has 5 nitrogen and oxygen atoms in total. The summed E-state index contributed by atoms with van der Waals surface area (Å²) in [7, 11) is 1.54. The summed E-state index contributed by atoms with van der Waals surface area (Å²) in [5.41, 5.74) is 3.19. The molecule has 3 aromatic rings. The van der Waals surface area contributed by atoms with Crippen LogP contribution in [0.15, 0.2) is 36.5 Å². The molecular formula is C19H14Cl2NO4+. The van der Waals surface area contributed by atoms with E-state index >= 15 is 0 Å². The molecule has 5 rings (SSSR count). The van der Waals surface area contributed by atoms with Gasteiger partial charge in [0.2, 0.25) is 5.69 Å². The number of aromatic hydroxyl groups is 1. The highest BCUT2D eigenvalue weighted by atomic mass is 35.5. The minimum absolute atomic E-state index is 0.144. The third-order valence-corrected chi connectivity index (χ3v) is 5.15. The third kappa shape index (κ3) is 2.27. The van der Waals surface area contributed by atoms with Gasteiger partial charge in [-0.2, -0.15) is 4.57 Å². The molecule has 1 aromatic heterocycles. The average molecular weight is 391 g/mol. The average Bonchev–Trinajstić information content (AvgIpc) is 2.92. The Labute approximate surface area is 159 Å². The molecule has 2 aromatic carbocycles. The van der Waals surface area contributed by atoms with E-state index < -0.39 is 4.71 Å². The molecule has 132 valence electrons. The number of methoxy groups -OCH3 is 1. The molecule has 26 heavy (non-hydrogen) atoms. The van der Waals surface area contributed by atoms with E-state index in [4.69, 9.17) is 37.4 Å². The highest BCUT2D eigenvalue weighted by molar-refractivity contribution is 6.46. The van der Waals surface area contributed by atoms with Gasteiger partial charge in [-0.25, -0.2) is 0 Å². The second-order valence-corrected chi connectivity index (χ2v) is 7.53. The number of hydrogen-bond acceptors (Lipinski definition) is 4. The second-order valence-electron chi connectivity index (χ2n) is 6.34. The Morgan fingerprint density at radius 2 is 1.92 bits per heavy atom. The fourth-order valence-electron chi connectivity index (χ4n) is 3.63. The molecule has 0 fully saturated rings.